The number of carbonyl (C=O) groups is 1. The zero-order chi connectivity index (χ0) is 25.5. The van der Waals surface area contributed by atoms with Gasteiger partial charge in [0.25, 0.3) is 0 Å². The van der Waals surface area contributed by atoms with E-state index in [-0.39, 0.29) is 12.7 Å². The average molecular weight is 518 g/mol. The molecule has 0 saturated carbocycles. The summed E-state index contributed by atoms with van der Waals surface area (Å²) in [4.78, 5) is 12.5. The van der Waals surface area contributed by atoms with Crippen molar-refractivity contribution in [2.45, 2.75) is 25.0 Å². The molecular formula is C27H27N5O4S. The fourth-order valence-corrected chi connectivity index (χ4v) is 4.70. The highest BCUT2D eigenvalue weighted by molar-refractivity contribution is 7.99. The molecule has 0 unspecified atom stereocenters. The van der Waals surface area contributed by atoms with Gasteiger partial charge in [-0.3, -0.25) is 9.36 Å². The Balaban J connectivity index is 1.22. The summed E-state index contributed by atoms with van der Waals surface area (Å²) in [6.07, 6.45) is 0.320. The van der Waals surface area contributed by atoms with Crippen LogP contribution in [0.4, 0.5) is 11.4 Å². The Morgan fingerprint density at radius 2 is 1.78 bits per heavy atom. The van der Waals surface area contributed by atoms with E-state index in [1.807, 2.05) is 66.1 Å². The van der Waals surface area contributed by atoms with Gasteiger partial charge in [0.2, 0.25) is 12.7 Å². The molecule has 0 bridgehead atoms. The van der Waals surface area contributed by atoms with Crippen LogP contribution in [0.3, 0.4) is 0 Å². The summed E-state index contributed by atoms with van der Waals surface area (Å²) in [6, 6.07) is 23.1. The van der Waals surface area contributed by atoms with Crippen molar-refractivity contribution in [3.8, 4) is 22.9 Å². The Morgan fingerprint density at radius 3 is 2.59 bits per heavy atom. The molecule has 0 atom stereocenters. The van der Waals surface area contributed by atoms with Crippen molar-refractivity contribution in [2.24, 2.45) is 0 Å². The van der Waals surface area contributed by atoms with Gasteiger partial charge in [-0.25, -0.2) is 0 Å². The number of benzene rings is 3. The third-order valence-corrected chi connectivity index (χ3v) is 6.48. The normalized spacial score (nSPS) is 11.8. The quantitative estimate of drug-likeness (QED) is 0.264. The topological polar surface area (TPSA) is 99.5 Å². The van der Waals surface area contributed by atoms with Crippen LogP contribution in [0, 0.1) is 0 Å². The third-order valence-electron chi connectivity index (χ3n) is 5.55. The minimum Gasteiger partial charge on any atom is -0.494 e. The predicted molar refractivity (Wildman–Crippen MR) is 143 cm³/mol. The molecule has 9 nitrogen and oxygen atoms in total. The first-order valence-corrected chi connectivity index (χ1v) is 13.0. The molecule has 2 heterocycles. The Hall–Kier alpha value is -4.18. The molecule has 0 saturated heterocycles. The van der Waals surface area contributed by atoms with Crippen LogP contribution in [-0.4, -0.2) is 39.8 Å². The molecule has 10 heteroatoms. The van der Waals surface area contributed by atoms with E-state index in [9.17, 15) is 4.79 Å². The molecule has 4 aromatic rings. The Bertz CT molecular complexity index is 1340. The van der Waals surface area contributed by atoms with Crippen LogP contribution in [0.25, 0.3) is 5.69 Å². The fourth-order valence-electron chi connectivity index (χ4n) is 3.79. The highest BCUT2D eigenvalue weighted by atomic mass is 32.2. The van der Waals surface area contributed by atoms with Gasteiger partial charge in [-0.05, 0) is 55.5 Å². The van der Waals surface area contributed by atoms with E-state index in [1.165, 1.54) is 11.8 Å². The highest BCUT2D eigenvalue weighted by Crippen LogP contribution is 2.34. The first kappa shape index (κ1) is 24.5. The fraction of sp³-hybridized carbons (Fsp3) is 0.222. The van der Waals surface area contributed by atoms with Crippen LogP contribution in [0.2, 0.25) is 0 Å². The van der Waals surface area contributed by atoms with Crippen molar-refractivity contribution in [1.82, 2.24) is 14.8 Å². The SMILES string of the molecule is CCOc1ccc(NCc2nnc(SCCC(=O)Nc3ccc4c(c3)OCO4)n2-c2ccccc2)cc1. The number of ether oxygens (including phenoxy) is 3. The zero-order valence-electron chi connectivity index (χ0n) is 20.3. The first-order valence-electron chi connectivity index (χ1n) is 12.0. The van der Waals surface area contributed by atoms with Gasteiger partial charge in [0.05, 0.1) is 13.2 Å². The van der Waals surface area contributed by atoms with Gasteiger partial charge in [0.15, 0.2) is 22.5 Å². The van der Waals surface area contributed by atoms with Gasteiger partial charge in [0, 0.05) is 35.3 Å². The highest BCUT2D eigenvalue weighted by Gasteiger charge is 2.16. The summed E-state index contributed by atoms with van der Waals surface area (Å²) in [5.74, 6) is 3.38. The minimum absolute atomic E-state index is 0.0884. The van der Waals surface area contributed by atoms with Gasteiger partial charge in [-0.1, -0.05) is 30.0 Å². The second kappa shape index (κ2) is 11.7. The molecule has 0 spiro atoms. The van der Waals surface area contributed by atoms with E-state index < -0.39 is 0 Å². The van der Waals surface area contributed by atoms with Crippen LogP contribution in [0.5, 0.6) is 17.2 Å². The van der Waals surface area contributed by atoms with E-state index in [0.29, 0.717) is 42.5 Å². The molecule has 0 radical (unpaired) electrons. The lowest BCUT2D eigenvalue weighted by Gasteiger charge is -2.12. The van der Waals surface area contributed by atoms with E-state index in [4.69, 9.17) is 14.2 Å². The number of rotatable bonds is 11. The molecule has 37 heavy (non-hydrogen) atoms. The maximum Gasteiger partial charge on any atom is 0.231 e. The number of hydrogen-bond donors (Lipinski definition) is 2. The van der Waals surface area contributed by atoms with Crippen LogP contribution in [0.15, 0.2) is 78.0 Å². The lowest BCUT2D eigenvalue weighted by molar-refractivity contribution is -0.115. The largest absolute Gasteiger partial charge is 0.494 e. The number of hydrogen-bond acceptors (Lipinski definition) is 8. The van der Waals surface area contributed by atoms with E-state index in [0.717, 1.165) is 28.1 Å². The van der Waals surface area contributed by atoms with Gasteiger partial charge in [-0.15, -0.1) is 10.2 Å². The van der Waals surface area contributed by atoms with E-state index in [2.05, 4.69) is 20.8 Å². The summed E-state index contributed by atoms with van der Waals surface area (Å²) >= 11 is 1.49. The van der Waals surface area contributed by atoms with Gasteiger partial charge < -0.3 is 24.8 Å². The average Bonchev–Trinajstić information content (AvgIpc) is 3.55. The van der Waals surface area contributed by atoms with Gasteiger partial charge >= 0.3 is 0 Å². The molecule has 1 aliphatic rings. The maximum absolute atomic E-state index is 12.5. The van der Waals surface area contributed by atoms with E-state index >= 15 is 0 Å². The number of anilines is 2. The number of amides is 1. The summed E-state index contributed by atoms with van der Waals surface area (Å²) in [7, 11) is 0. The molecule has 1 aromatic heterocycles. The summed E-state index contributed by atoms with van der Waals surface area (Å²) in [6.45, 7) is 3.28. The number of thioether (sulfide) groups is 1. The lowest BCUT2D eigenvalue weighted by Crippen LogP contribution is -2.12. The Labute approximate surface area is 219 Å². The number of nitrogens with zero attached hydrogens (tertiary/aromatic N) is 3. The maximum atomic E-state index is 12.5. The number of carbonyl (C=O) groups excluding carboxylic acids is 1. The van der Waals surface area contributed by atoms with Crippen molar-refractivity contribution in [2.75, 3.05) is 29.8 Å². The number of nitrogens with one attached hydrogen (secondary N) is 2. The van der Waals surface area contributed by atoms with Crippen molar-refractivity contribution < 1.29 is 19.0 Å². The molecule has 1 aliphatic heterocycles. The van der Waals surface area contributed by atoms with Crippen LogP contribution < -0.4 is 24.8 Å². The Morgan fingerprint density at radius 1 is 1.00 bits per heavy atom. The molecule has 0 fully saturated rings. The lowest BCUT2D eigenvalue weighted by atomic mass is 10.2. The van der Waals surface area contributed by atoms with Gasteiger partial charge in [-0.2, -0.15) is 0 Å². The van der Waals surface area contributed by atoms with Gasteiger partial charge in [0.1, 0.15) is 5.75 Å². The van der Waals surface area contributed by atoms with E-state index in [1.54, 1.807) is 18.2 Å². The predicted octanol–water partition coefficient (Wildman–Crippen LogP) is 5.13. The number of fused-ring (bicyclic) bond motifs is 1. The summed E-state index contributed by atoms with van der Waals surface area (Å²) in [5.41, 5.74) is 2.60. The smallest absolute Gasteiger partial charge is 0.231 e. The second-order valence-corrected chi connectivity index (χ2v) is 9.16. The second-order valence-electron chi connectivity index (χ2n) is 8.10. The standard InChI is InChI=1S/C27H27N5O4S/c1-2-34-22-11-8-19(9-12-22)28-17-25-30-31-27(32(25)21-6-4-3-5-7-21)37-15-14-26(33)29-20-10-13-23-24(16-20)36-18-35-23/h3-13,16,28H,2,14-15,17-18H2,1H3,(H,29,33). The Kier molecular flexibility index (Phi) is 7.75. The minimum atomic E-state index is -0.0884. The van der Waals surface area contributed by atoms with Crippen molar-refractivity contribution in [1.29, 1.82) is 0 Å². The monoisotopic (exact) mass is 517 g/mol. The van der Waals surface area contributed by atoms with Crippen LogP contribution in [-0.2, 0) is 11.3 Å². The molecule has 3 aromatic carbocycles. The third kappa shape index (κ3) is 6.15. The number of para-hydroxylation sites is 1. The molecule has 5 rings (SSSR count). The number of aromatic nitrogens is 3. The molecular weight excluding hydrogens is 490 g/mol. The summed E-state index contributed by atoms with van der Waals surface area (Å²) < 4.78 is 18.2. The molecule has 0 aliphatic carbocycles. The molecule has 2 N–H and O–H groups in total. The van der Waals surface area contributed by atoms with Crippen molar-refractivity contribution in [3.05, 3.63) is 78.6 Å². The first-order chi connectivity index (χ1) is 18.2. The van der Waals surface area contributed by atoms with Crippen molar-refractivity contribution in [3.63, 3.8) is 0 Å². The van der Waals surface area contributed by atoms with Crippen LogP contribution in [0.1, 0.15) is 19.2 Å². The summed E-state index contributed by atoms with van der Waals surface area (Å²) in [5, 5.41) is 15.9. The van der Waals surface area contributed by atoms with Crippen molar-refractivity contribution >= 4 is 29.0 Å². The zero-order valence-corrected chi connectivity index (χ0v) is 21.2. The van der Waals surface area contributed by atoms with Crippen LogP contribution >= 0.6 is 11.8 Å². The molecule has 190 valence electrons. The molecule has 1 amide bonds.